The first-order valence-electron chi connectivity index (χ1n) is 10.7. The first-order valence-corrected chi connectivity index (χ1v) is 11.6. The maximum Gasteiger partial charge on any atom is 0.325 e. The van der Waals surface area contributed by atoms with Gasteiger partial charge in [0.25, 0.3) is 5.91 Å². The first kappa shape index (κ1) is 21.6. The van der Waals surface area contributed by atoms with Crippen LogP contribution >= 0.6 is 11.3 Å². The number of hydrogen-bond acceptors (Lipinski definition) is 4. The molecule has 6 nitrogen and oxygen atoms in total. The summed E-state index contributed by atoms with van der Waals surface area (Å²) in [5.41, 5.74) is 0.686. The average molecular weight is 440 g/mol. The Bertz CT molecular complexity index is 994. The van der Waals surface area contributed by atoms with E-state index in [-0.39, 0.29) is 29.8 Å². The molecule has 2 aliphatic heterocycles. The predicted octanol–water partition coefficient (Wildman–Crippen LogP) is 4.18. The Morgan fingerprint density at radius 3 is 2.52 bits per heavy atom. The van der Waals surface area contributed by atoms with E-state index >= 15 is 0 Å². The molecule has 2 saturated heterocycles. The Morgan fingerprint density at radius 2 is 1.90 bits per heavy atom. The van der Waals surface area contributed by atoms with E-state index in [1.54, 1.807) is 23.2 Å². The summed E-state index contributed by atoms with van der Waals surface area (Å²) in [7, 11) is 0. The zero-order valence-electron chi connectivity index (χ0n) is 18.5. The summed E-state index contributed by atoms with van der Waals surface area (Å²) in [6, 6.07) is 11.3. The maximum absolute atomic E-state index is 13.3. The number of carbonyl (C=O) groups is 3. The molecule has 0 spiro atoms. The van der Waals surface area contributed by atoms with Crippen molar-refractivity contribution in [2.75, 3.05) is 13.1 Å². The molecular formula is C24H29N3O3S. The fraction of sp³-hybridized carbons (Fsp3) is 0.458. The topological polar surface area (TPSA) is 69.7 Å². The molecule has 164 valence electrons. The van der Waals surface area contributed by atoms with Crippen LogP contribution in [0.1, 0.15) is 62.6 Å². The predicted molar refractivity (Wildman–Crippen MR) is 121 cm³/mol. The van der Waals surface area contributed by atoms with Gasteiger partial charge in [0.1, 0.15) is 12.1 Å². The minimum Gasteiger partial charge on any atom is -0.333 e. The smallest absolute Gasteiger partial charge is 0.325 e. The van der Waals surface area contributed by atoms with Gasteiger partial charge in [-0.3, -0.25) is 14.5 Å². The number of benzene rings is 1. The highest BCUT2D eigenvalue weighted by Crippen LogP contribution is 2.35. The van der Waals surface area contributed by atoms with Crippen LogP contribution in [0.3, 0.4) is 0 Å². The van der Waals surface area contributed by atoms with Crippen LogP contribution in [-0.4, -0.2) is 40.7 Å². The molecule has 4 amide bonds. The molecule has 2 unspecified atom stereocenters. The molecule has 1 aromatic carbocycles. The lowest BCUT2D eigenvalue weighted by Crippen LogP contribution is -2.44. The van der Waals surface area contributed by atoms with E-state index < -0.39 is 11.6 Å². The second-order valence-corrected chi connectivity index (χ2v) is 10.5. The number of hydrogen-bond donors (Lipinski definition) is 1. The summed E-state index contributed by atoms with van der Waals surface area (Å²) in [6.45, 7) is 8.50. The van der Waals surface area contributed by atoms with Crippen LogP contribution in [0, 0.1) is 0 Å². The van der Waals surface area contributed by atoms with E-state index in [9.17, 15) is 14.4 Å². The SMILES string of the molecule is CC(C)(C)c1ccc(C2(C)NC(=O)N(CC(=O)N3CCCC3c3cccs3)C2=O)cc1. The third-order valence-corrected chi connectivity index (χ3v) is 7.31. The quantitative estimate of drug-likeness (QED) is 0.727. The van der Waals surface area contributed by atoms with Crippen LogP contribution in [0.4, 0.5) is 4.79 Å². The summed E-state index contributed by atoms with van der Waals surface area (Å²) in [5.74, 6) is -0.576. The van der Waals surface area contributed by atoms with Crippen molar-refractivity contribution in [2.45, 2.75) is 57.5 Å². The lowest BCUT2D eigenvalue weighted by Gasteiger charge is -2.26. The molecule has 7 heteroatoms. The van der Waals surface area contributed by atoms with Gasteiger partial charge in [-0.1, -0.05) is 51.1 Å². The van der Waals surface area contributed by atoms with Crippen LogP contribution in [0.25, 0.3) is 0 Å². The molecule has 0 aliphatic carbocycles. The third-order valence-electron chi connectivity index (χ3n) is 6.34. The van der Waals surface area contributed by atoms with E-state index in [1.165, 1.54) is 0 Å². The molecule has 3 heterocycles. The Kier molecular flexibility index (Phi) is 5.41. The van der Waals surface area contributed by atoms with Gasteiger partial charge in [-0.25, -0.2) is 4.79 Å². The van der Waals surface area contributed by atoms with E-state index in [0.717, 1.165) is 28.2 Å². The number of thiophene rings is 1. The fourth-order valence-electron chi connectivity index (χ4n) is 4.41. The Labute approximate surface area is 187 Å². The number of carbonyl (C=O) groups excluding carboxylic acids is 3. The van der Waals surface area contributed by atoms with Crippen molar-refractivity contribution in [3.8, 4) is 0 Å². The Morgan fingerprint density at radius 1 is 1.19 bits per heavy atom. The number of likely N-dealkylation sites (tertiary alicyclic amines) is 1. The molecule has 0 saturated carbocycles. The van der Waals surface area contributed by atoms with Crippen molar-refractivity contribution in [2.24, 2.45) is 0 Å². The number of nitrogens with zero attached hydrogens (tertiary/aromatic N) is 2. The lowest BCUT2D eigenvalue weighted by molar-refractivity contribution is -0.139. The first-order chi connectivity index (χ1) is 14.6. The monoisotopic (exact) mass is 439 g/mol. The minimum atomic E-state index is -1.17. The number of urea groups is 1. The van der Waals surface area contributed by atoms with Gasteiger partial charge in [0.05, 0.1) is 6.04 Å². The van der Waals surface area contributed by atoms with Gasteiger partial charge in [-0.2, -0.15) is 0 Å². The van der Waals surface area contributed by atoms with Crippen molar-refractivity contribution >= 4 is 29.2 Å². The molecule has 1 N–H and O–H groups in total. The van der Waals surface area contributed by atoms with Crippen molar-refractivity contribution in [3.63, 3.8) is 0 Å². The van der Waals surface area contributed by atoms with E-state index in [1.807, 2.05) is 41.8 Å². The van der Waals surface area contributed by atoms with Crippen LogP contribution in [0.5, 0.6) is 0 Å². The van der Waals surface area contributed by atoms with E-state index in [4.69, 9.17) is 0 Å². The maximum atomic E-state index is 13.3. The van der Waals surface area contributed by atoms with Crippen molar-refractivity contribution in [3.05, 3.63) is 57.8 Å². The van der Waals surface area contributed by atoms with Gasteiger partial charge >= 0.3 is 6.03 Å². The summed E-state index contributed by atoms with van der Waals surface area (Å²) in [5, 5.41) is 4.81. The molecular weight excluding hydrogens is 410 g/mol. The molecule has 2 aromatic rings. The van der Waals surface area contributed by atoms with Gasteiger partial charge in [0.2, 0.25) is 5.91 Å². The summed E-state index contributed by atoms with van der Waals surface area (Å²) < 4.78 is 0. The summed E-state index contributed by atoms with van der Waals surface area (Å²) in [4.78, 5) is 43.0. The number of nitrogens with one attached hydrogen (secondary N) is 1. The van der Waals surface area contributed by atoms with E-state index in [2.05, 4.69) is 26.1 Å². The van der Waals surface area contributed by atoms with Gasteiger partial charge in [-0.15, -0.1) is 11.3 Å². The molecule has 2 fully saturated rings. The number of rotatable bonds is 4. The molecule has 0 radical (unpaired) electrons. The highest BCUT2D eigenvalue weighted by molar-refractivity contribution is 7.10. The molecule has 0 bridgehead atoms. The zero-order chi connectivity index (χ0) is 22.4. The second-order valence-electron chi connectivity index (χ2n) is 9.53. The zero-order valence-corrected chi connectivity index (χ0v) is 19.3. The fourth-order valence-corrected chi connectivity index (χ4v) is 5.28. The van der Waals surface area contributed by atoms with E-state index in [0.29, 0.717) is 12.1 Å². The van der Waals surface area contributed by atoms with Crippen LogP contribution in [-0.2, 0) is 20.5 Å². The third kappa shape index (κ3) is 3.87. The Balaban J connectivity index is 1.51. The number of imide groups is 1. The lowest BCUT2D eigenvalue weighted by atomic mass is 9.84. The molecule has 4 rings (SSSR count). The average Bonchev–Trinajstić information content (AvgIpc) is 3.45. The molecule has 31 heavy (non-hydrogen) atoms. The van der Waals surface area contributed by atoms with Gasteiger partial charge in [0, 0.05) is 11.4 Å². The highest BCUT2D eigenvalue weighted by Gasteiger charge is 2.50. The number of amides is 4. The largest absolute Gasteiger partial charge is 0.333 e. The molecule has 2 atom stereocenters. The second kappa shape index (κ2) is 7.79. The van der Waals surface area contributed by atoms with Crippen molar-refractivity contribution < 1.29 is 14.4 Å². The standard InChI is InChI=1S/C24H29N3O3S/c1-23(2,3)16-9-11-17(12-10-16)24(4)21(29)27(22(30)25-24)15-20(28)26-13-5-7-18(26)19-8-6-14-31-19/h6,8-12,14,18H,5,7,13,15H2,1-4H3,(H,25,30). The highest BCUT2D eigenvalue weighted by atomic mass is 32.1. The molecule has 2 aliphatic rings. The minimum absolute atomic E-state index is 0.00431. The summed E-state index contributed by atoms with van der Waals surface area (Å²) >= 11 is 1.63. The van der Waals surface area contributed by atoms with Crippen LogP contribution in [0.15, 0.2) is 41.8 Å². The molecule has 1 aromatic heterocycles. The van der Waals surface area contributed by atoms with Crippen LogP contribution in [0.2, 0.25) is 0 Å². The van der Waals surface area contributed by atoms with Crippen LogP contribution < -0.4 is 5.32 Å². The normalized spacial score (nSPS) is 24.1. The van der Waals surface area contributed by atoms with Gasteiger partial charge in [0.15, 0.2) is 0 Å². The summed E-state index contributed by atoms with van der Waals surface area (Å²) in [6.07, 6.45) is 1.83. The Hall–Kier alpha value is -2.67. The van der Waals surface area contributed by atoms with Gasteiger partial charge < -0.3 is 10.2 Å². The van der Waals surface area contributed by atoms with Crippen molar-refractivity contribution in [1.29, 1.82) is 0 Å². The van der Waals surface area contributed by atoms with Gasteiger partial charge in [-0.05, 0) is 47.8 Å². The van der Waals surface area contributed by atoms with Crippen molar-refractivity contribution in [1.82, 2.24) is 15.1 Å².